The fourth-order valence-corrected chi connectivity index (χ4v) is 2.02. The number of ether oxygens (including phenoxy) is 1. The van der Waals surface area contributed by atoms with E-state index >= 15 is 0 Å². The van der Waals surface area contributed by atoms with Gasteiger partial charge in [-0.25, -0.2) is 0 Å². The van der Waals surface area contributed by atoms with Crippen molar-refractivity contribution in [1.29, 1.82) is 0 Å². The molecule has 116 valence electrons. The predicted molar refractivity (Wildman–Crippen MR) is 80.9 cm³/mol. The molecule has 0 bridgehead atoms. The second-order valence-corrected chi connectivity index (χ2v) is 5.17. The Balaban J connectivity index is 2.54. The Morgan fingerprint density at radius 2 is 1.90 bits per heavy atom. The van der Waals surface area contributed by atoms with Gasteiger partial charge in [-0.3, -0.25) is 14.5 Å². The van der Waals surface area contributed by atoms with Gasteiger partial charge in [0.05, 0.1) is 12.0 Å². The molecule has 0 saturated carbocycles. The fraction of sp³-hybridized carbons (Fsp3) is 0.500. The largest absolute Gasteiger partial charge is 0.491 e. The number of benzene rings is 1. The number of aliphatic carboxylic acids is 1. The lowest BCUT2D eigenvalue weighted by atomic mass is 10.1. The highest BCUT2D eigenvalue weighted by Crippen LogP contribution is 2.18. The maximum atomic E-state index is 11.5. The third kappa shape index (κ3) is 5.95. The quantitative estimate of drug-likeness (QED) is 0.708. The summed E-state index contributed by atoms with van der Waals surface area (Å²) >= 11 is 0. The summed E-state index contributed by atoms with van der Waals surface area (Å²) < 4.78 is 5.68. The lowest BCUT2D eigenvalue weighted by Crippen LogP contribution is -2.36. The van der Waals surface area contributed by atoms with E-state index in [2.05, 4.69) is 0 Å². The van der Waals surface area contributed by atoms with Crippen molar-refractivity contribution in [2.24, 2.45) is 0 Å². The van der Waals surface area contributed by atoms with E-state index < -0.39 is 5.97 Å². The van der Waals surface area contributed by atoms with Gasteiger partial charge in [-0.15, -0.1) is 0 Å². The Morgan fingerprint density at radius 1 is 1.24 bits per heavy atom. The summed E-state index contributed by atoms with van der Waals surface area (Å²) in [6.07, 6.45) is 0.113. The highest BCUT2D eigenvalue weighted by Gasteiger charge is 2.12. The predicted octanol–water partition coefficient (Wildman–Crippen LogP) is 2.45. The number of ketones is 1. The zero-order chi connectivity index (χ0) is 15.8. The number of Topliss-reactive ketones (excluding diaryl/α,β-unsaturated/α-hetero) is 1. The van der Waals surface area contributed by atoms with Gasteiger partial charge in [0.2, 0.25) is 0 Å². The Kier molecular flexibility index (Phi) is 6.88. The standard InChI is InChI=1S/C16H23NO4/c1-12(2)17(9-8-16(19)20)10-11-21-15-7-5-4-6-14(15)13(3)18/h4-7,12H,8-11H2,1-3H3,(H,19,20). The van der Waals surface area contributed by atoms with E-state index in [4.69, 9.17) is 9.84 Å². The summed E-state index contributed by atoms with van der Waals surface area (Å²) in [5.41, 5.74) is 0.569. The highest BCUT2D eigenvalue weighted by molar-refractivity contribution is 5.96. The van der Waals surface area contributed by atoms with Crippen LogP contribution in [0.15, 0.2) is 24.3 Å². The van der Waals surface area contributed by atoms with Crippen LogP contribution < -0.4 is 4.74 Å². The molecule has 0 aliphatic rings. The molecule has 0 fully saturated rings. The van der Waals surface area contributed by atoms with Crippen LogP contribution >= 0.6 is 0 Å². The average molecular weight is 293 g/mol. The van der Waals surface area contributed by atoms with Crippen LogP contribution in [0.1, 0.15) is 37.6 Å². The molecule has 21 heavy (non-hydrogen) atoms. The van der Waals surface area contributed by atoms with Crippen LogP contribution in [0.3, 0.4) is 0 Å². The molecule has 0 aliphatic heterocycles. The normalized spacial score (nSPS) is 10.9. The van der Waals surface area contributed by atoms with Gasteiger partial charge in [0.25, 0.3) is 0 Å². The number of hydrogen-bond donors (Lipinski definition) is 1. The van der Waals surface area contributed by atoms with Gasteiger partial charge in [0, 0.05) is 19.1 Å². The second kappa shape index (κ2) is 8.42. The molecule has 1 rings (SSSR count). The van der Waals surface area contributed by atoms with Crippen LogP contribution in [0.4, 0.5) is 0 Å². The van der Waals surface area contributed by atoms with E-state index in [1.165, 1.54) is 6.92 Å². The molecule has 0 saturated heterocycles. The number of nitrogens with zero attached hydrogens (tertiary/aromatic N) is 1. The van der Waals surface area contributed by atoms with Crippen molar-refractivity contribution in [2.45, 2.75) is 33.2 Å². The number of rotatable bonds is 9. The van der Waals surface area contributed by atoms with Crippen molar-refractivity contribution in [1.82, 2.24) is 4.90 Å². The van der Waals surface area contributed by atoms with Crippen LogP contribution in [0, 0.1) is 0 Å². The van der Waals surface area contributed by atoms with Crippen LogP contribution in [0.5, 0.6) is 5.75 Å². The zero-order valence-electron chi connectivity index (χ0n) is 12.8. The van der Waals surface area contributed by atoms with Crippen LogP contribution in [-0.2, 0) is 4.79 Å². The monoisotopic (exact) mass is 293 g/mol. The third-order valence-corrected chi connectivity index (χ3v) is 3.25. The molecule has 5 heteroatoms. The van der Waals surface area contributed by atoms with Crippen molar-refractivity contribution >= 4 is 11.8 Å². The molecule has 0 aromatic heterocycles. The van der Waals surface area contributed by atoms with Gasteiger partial charge in [0.1, 0.15) is 12.4 Å². The third-order valence-electron chi connectivity index (χ3n) is 3.25. The molecule has 0 radical (unpaired) electrons. The van der Waals surface area contributed by atoms with E-state index in [-0.39, 0.29) is 18.2 Å². The van der Waals surface area contributed by atoms with Crippen molar-refractivity contribution in [3.63, 3.8) is 0 Å². The average Bonchev–Trinajstić information content (AvgIpc) is 2.42. The molecule has 1 aromatic carbocycles. The molecule has 1 N–H and O–H groups in total. The zero-order valence-corrected chi connectivity index (χ0v) is 12.8. The van der Waals surface area contributed by atoms with E-state index in [0.29, 0.717) is 31.0 Å². The summed E-state index contributed by atoms with van der Waals surface area (Å²) in [5.74, 6) is -0.257. The first-order valence-electron chi connectivity index (χ1n) is 7.10. The lowest BCUT2D eigenvalue weighted by Gasteiger charge is -2.25. The number of carbonyl (C=O) groups is 2. The lowest BCUT2D eigenvalue weighted by molar-refractivity contribution is -0.137. The summed E-state index contributed by atoms with van der Waals surface area (Å²) in [7, 11) is 0. The van der Waals surface area contributed by atoms with Gasteiger partial charge in [-0.05, 0) is 32.9 Å². The Hall–Kier alpha value is -1.88. The smallest absolute Gasteiger partial charge is 0.304 e. The maximum absolute atomic E-state index is 11.5. The number of hydrogen-bond acceptors (Lipinski definition) is 4. The molecule has 0 aliphatic carbocycles. The molecule has 0 unspecified atom stereocenters. The molecule has 1 aromatic rings. The van der Waals surface area contributed by atoms with Gasteiger partial charge >= 0.3 is 5.97 Å². The topological polar surface area (TPSA) is 66.8 Å². The van der Waals surface area contributed by atoms with Crippen LogP contribution in [0.25, 0.3) is 0 Å². The van der Waals surface area contributed by atoms with Gasteiger partial charge in [-0.2, -0.15) is 0 Å². The molecule has 5 nitrogen and oxygen atoms in total. The van der Waals surface area contributed by atoms with Crippen LogP contribution in [-0.4, -0.2) is 47.5 Å². The number of carboxylic acid groups (broad SMARTS) is 1. The first-order chi connectivity index (χ1) is 9.91. The van der Waals surface area contributed by atoms with Crippen molar-refractivity contribution in [3.8, 4) is 5.75 Å². The van der Waals surface area contributed by atoms with Crippen LogP contribution in [0.2, 0.25) is 0 Å². The highest BCUT2D eigenvalue weighted by atomic mass is 16.5. The maximum Gasteiger partial charge on any atom is 0.304 e. The molecule has 0 spiro atoms. The second-order valence-electron chi connectivity index (χ2n) is 5.17. The summed E-state index contributed by atoms with van der Waals surface area (Å²) in [4.78, 5) is 24.2. The van der Waals surface area contributed by atoms with E-state index in [0.717, 1.165) is 0 Å². The summed E-state index contributed by atoms with van der Waals surface area (Å²) in [5, 5.41) is 8.75. The van der Waals surface area contributed by atoms with Crippen molar-refractivity contribution < 1.29 is 19.4 Å². The number of carboxylic acids is 1. The number of carbonyl (C=O) groups excluding carboxylic acids is 1. The number of para-hydroxylation sites is 1. The first-order valence-corrected chi connectivity index (χ1v) is 7.10. The summed E-state index contributed by atoms with van der Waals surface area (Å²) in [6.45, 7) is 7.08. The minimum absolute atomic E-state index is 0.0304. The Bertz CT molecular complexity index is 485. The van der Waals surface area contributed by atoms with E-state index in [1.807, 2.05) is 24.8 Å². The SMILES string of the molecule is CC(=O)c1ccccc1OCCN(CCC(=O)O)C(C)C. The van der Waals surface area contributed by atoms with E-state index in [1.54, 1.807) is 18.2 Å². The Morgan fingerprint density at radius 3 is 2.48 bits per heavy atom. The van der Waals surface area contributed by atoms with E-state index in [9.17, 15) is 9.59 Å². The first kappa shape index (κ1) is 17.2. The van der Waals surface area contributed by atoms with Gasteiger partial charge < -0.3 is 9.84 Å². The van der Waals surface area contributed by atoms with Crippen molar-refractivity contribution in [3.05, 3.63) is 29.8 Å². The molecular weight excluding hydrogens is 270 g/mol. The molecular formula is C16H23NO4. The molecule has 0 amide bonds. The summed E-state index contributed by atoms with van der Waals surface area (Å²) in [6, 6.07) is 7.38. The van der Waals surface area contributed by atoms with Gasteiger partial charge in [0.15, 0.2) is 5.78 Å². The Labute approximate surface area is 125 Å². The fourth-order valence-electron chi connectivity index (χ4n) is 2.02. The van der Waals surface area contributed by atoms with Crippen molar-refractivity contribution in [2.75, 3.05) is 19.7 Å². The molecule has 0 heterocycles. The minimum Gasteiger partial charge on any atom is -0.491 e. The molecule has 0 atom stereocenters. The minimum atomic E-state index is -0.802. The van der Waals surface area contributed by atoms with Gasteiger partial charge in [-0.1, -0.05) is 12.1 Å².